The first-order chi connectivity index (χ1) is 21.7. The topological polar surface area (TPSA) is 80.1 Å². The van der Waals surface area contributed by atoms with Crippen LogP contribution in [0.5, 0.6) is 0 Å². The summed E-state index contributed by atoms with van der Waals surface area (Å²) < 4.78 is 46.0. The number of amides is 2. The van der Waals surface area contributed by atoms with E-state index in [1.54, 1.807) is 35.0 Å². The molecule has 5 aromatic rings. The number of hydrogen-bond acceptors (Lipinski definition) is 4. The van der Waals surface area contributed by atoms with E-state index in [0.29, 0.717) is 34.3 Å². The fraction of sp³-hybridized carbons (Fsp3) is 0.257. The molecular weight excluding hydrogens is 615 g/mol. The summed E-state index contributed by atoms with van der Waals surface area (Å²) in [5.41, 5.74) is 5.25. The minimum absolute atomic E-state index is 0. The molecule has 11 heteroatoms. The third-order valence-electron chi connectivity index (χ3n) is 8.76. The van der Waals surface area contributed by atoms with Gasteiger partial charge in [0.05, 0.1) is 34.2 Å². The van der Waals surface area contributed by atoms with Gasteiger partial charge in [0.25, 0.3) is 5.91 Å². The normalized spacial score (nSPS) is 18.6. The minimum Gasteiger partial charge on any atom is -0.348 e. The Morgan fingerprint density at radius 2 is 1.76 bits per heavy atom. The molecule has 3 heterocycles. The molecule has 0 spiro atoms. The third kappa shape index (κ3) is 5.85. The van der Waals surface area contributed by atoms with Crippen molar-refractivity contribution in [2.24, 2.45) is 5.92 Å². The van der Waals surface area contributed by atoms with Gasteiger partial charge in [-0.3, -0.25) is 9.59 Å². The van der Waals surface area contributed by atoms with Crippen LogP contribution in [-0.4, -0.2) is 45.1 Å². The van der Waals surface area contributed by atoms with Crippen LogP contribution >= 0.6 is 12.4 Å². The first-order valence-electron chi connectivity index (χ1n) is 15.0. The van der Waals surface area contributed by atoms with Crippen molar-refractivity contribution in [3.8, 4) is 16.9 Å². The highest BCUT2D eigenvalue weighted by Crippen LogP contribution is 2.44. The van der Waals surface area contributed by atoms with Crippen molar-refractivity contribution >= 4 is 40.8 Å². The number of aryl methyl sites for hydroxylation is 1. The highest BCUT2D eigenvalue weighted by atomic mass is 35.5. The molecule has 2 atom stereocenters. The average Bonchev–Trinajstić information content (AvgIpc) is 3.69. The molecule has 0 bridgehead atoms. The van der Waals surface area contributed by atoms with Gasteiger partial charge in [0.2, 0.25) is 11.8 Å². The maximum absolute atomic E-state index is 14.9. The largest absolute Gasteiger partial charge is 0.348 e. The van der Waals surface area contributed by atoms with Gasteiger partial charge in [-0.05, 0) is 68.3 Å². The molecule has 7 nitrogen and oxygen atoms in total. The summed E-state index contributed by atoms with van der Waals surface area (Å²) >= 11 is 0. The van der Waals surface area contributed by atoms with E-state index in [1.807, 2.05) is 49.5 Å². The van der Waals surface area contributed by atoms with Crippen molar-refractivity contribution < 1.29 is 22.8 Å². The van der Waals surface area contributed by atoms with Crippen LogP contribution in [0.15, 0.2) is 85.1 Å². The molecule has 46 heavy (non-hydrogen) atoms. The Morgan fingerprint density at radius 3 is 2.48 bits per heavy atom. The van der Waals surface area contributed by atoms with Gasteiger partial charge >= 0.3 is 0 Å². The highest BCUT2D eigenvalue weighted by molar-refractivity contribution is 6.08. The monoisotopic (exact) mass is 645 g/mol. The predicted octanol–water partition coefficient (Wildman–Crippen LogP) is 7.08. The van der Waals surface area contributed by atoms with Gasteiger partial charge < -0.3 is 10.2 Å². The highest BCUT2D eigenvalue weighted by Gasteiger charge is 2.47. The summed E-state index contributed by atoms with van der Waals surface area (Å²) in [6, 6.07) is 21.6. The second-order valence-electron chi connectivity index (χ2n) is 11.8. The minimum atomic E-state index is -3.06. The van der Waals surface area contributed by atoms with Crippen molar-refractivity contribution in [1.82, 2.24) is 20.1 Å². The molecule has 1 aliphatic heterocycles. The summed E-state index contributed by atoms with van der Waals surface area (Å²) in [6.45, 7) is 2.12. The lowest BCUT2D eigenvalue weighted by Crippen LogP contribution is -2.52. The zero-order valence-electron chi connectivity index (χ0n) is 24.9. The number of carbonyl (C=O) groups is 2. The number of hydrogen-bond donors (Lipinski definition) is 1. The quantitative estimate of drug-likeness (QED) is 0.222. The Labute approximate surface area is 269 Å². The number of aromatic nitrogens is 3. The van der Waals surface area contributed by atoms with E-state index in [0.717, 1.165) is 22.5 Å². The first kappa shape index (κ1) is 31.3. The Balaban J connectivity index is 0.00000372. The lowest BCUT2D eigenvalue weighted by molar-refractivity contribution is -0.131. The van der Waals surface area contributed by atoms with Gasteiger partial charge in [0.15, 0.2) is 0 Å². The van der Waals surface area contributed by atoms with E-state index < -0.39 is 48.4 Å². The molecule has 1 saturated carbocycles. The number of nitrogens with one attached hydrogen (secondary N) is 1. The standard InChI is InChI=1S/C35H30F3N5O2.ClH/c1-21-14-18-43(41-21)25-10-7-23(8-11-25)33(44)40-30-13-16-35(37,38)20-28(30)34(45)42-17-15-26-31(22-5-3-2-4-6-22)39-29-12-9-24(36)19-27(29)32(26)42;/h2-12,14,18-19,28,30H,13,15-17,20H2,1H3,(H,40,44);1H/t28?,30-;/m1./s1. The van der Waals surface area contributed by atoms with Crippen LogP contribution in [-0.2, 0) is 11.2 Å². The summed E-state index contributed by atoms with van der Waals surface area (Å²) in [7, 11) is 0. The van der Waals surface area contributed by atoms with Crippen molar-refractivity contribution in [2.75, 3.05) is 11.4 Å². The Hall–Kier alpha value is -4.70. The van der Waals surface area contributed by atoms with Crippen molar-refractivity contribution in [3.63, 3.8) is 0 Å². The molecule has 1 N–H and O–H groups in total. The van der Waals surface area contributed by atoms with Crippen LogP contribution in [0.2, 0.25) is 0 Å². The number of nitrogens with zero attached hydrogens (tertiary/aromatic N) is 4. The van der Waals surface area contributed by atoms with Crippen LogP contribution in [0.25, 0.3) is 27.8 Å². The maximum atomic E-state index is 14.9. The molecule has 2 amide bonds. The molecule has 236 valence electrons. The number of pyridine rings is 1. The van der Waals surface area contributed by atoms with E-state index in [-0.39, 0.29) is 25.4 Å². The number of fused-ring (bicyclic) bond motifs is 3. The van der Waals surface area contributed by atoms with E-state index in [4.69, 9.17) is 4.98 Å². The molecule has 1 fully saturated rings. The number of alkyl halides is 2. The van der Waals surface area contributed by atoms with Crippen LogP contribution < -0.4 is 10.2 Å². The Bertz CT molecular complexity index is 1930. The van der Waals surface area contributed by atoms with Gasteiger partial charge in [-0.15, -0.1) is 12.4 Å². The van der Waals surface area contributed by atoms with Crippen LogP contribution in [0.1, 0.15) is 40.9 Å². The lowest BCUT2D eigenvalue weighted by atomic mass is 9.81. The zero-order chi connectivity index (χ0) is 31.3. The summed E-state index contributed by atoms with van der Waals surface area (Å²) in [6.07, 6.45) is 1.07. The van der Waals surface area contributed by atoms with Gasteiger partial charge in [-0.1, -0.05) is 30.3 Å². The van der Waals surface area contributed by atoms with Gasteiger partial charge in [-0.25, -0.2) is 22.8 Å². The molecular formula is C35H31ClF3N5O2. The molecule has 3 aromatic carbocycles. The molecule has 0 saturated heterocycles. The van der Waals surface area contributed by atoms with Crippen molar-refractivity contribution in [2.45, 2.75) is 44.6 Å². The number of halogens is 4. The van der Waals surface area contributed by atoms with E-state index in [1.165, 1.54) is 17.0 Å². The van der Waals surface area contributed by atoms with Gasteiger partial charge in [-0.2, -0.15) is 5.10 Å². The Morgan fingerprint density at radius 1 is 1.00 bits per heavy atom. The number of rotatable bonds is 5. The number of benzene rings is 3. The molecule has 7 rings (SSSR count). The van der Waals surface area contributed by atoms with Crippen LogP contribution in [0.3, 0.4) is 0 Å². The summed E-state index contributed by atoms with van der Waals surface area (Å²) in [5, 5.41) is 7.70. The van der Waals surface area contributed by atoms with E-state index in [2.05, 4.69) is 10.4 Å². The molecule has 0 radical (unpaired) electrons. The van der Waals surface area contributed by atoms with Crippen LogP contribution in [0.4, 0.5) is 18.9 Å². The van der Waals surface area contributed by atoms with Crippen molar-refractivity contribution in [1.29, 1.82) is 0 Å². The second kappa shape index (κ2) is 12.2. The number of carbonyl (C=O) groups excluding carboxylic acids is 2. The van der Waals surface area contributed by atoms with E-state index in [9.17, 15) is 22.8 Å². The SMILES string of the molecule is Cc1ccn(-c2ccc(C(=O)N[C@@H]3CCC(F)(F)CC3C(=O)N3CCc4c(-c5ccccc5)nc5ccc(F)cc5c43)cc2)n1.Cl. The van der Waals surface area contributed by atoms with E-state index >= 15 is 0 Å². The first-order valence-corrected chi connectivity index (χ1v) is 15.0. The molecule has 1 unspecified atom stereocenters. The molecule has 2 aliphatic rings. The predicted molar refractivity (Wildman–Crippen MR) is 172 cm³/mol. The maximum Gasteiger partial charge on any atom is 0.251 e. The summed E-state index contributed by atoms with van der Waals surface area (Å²) in [5.74, 6) is -5.68. The molecule has 1 aliphatic carbocycles. The average molecular weight is 646 g/mol. The third-order valence-corrected chi connectivity index (χ3v) is 8.76. The second-order valence-corrected chi connectivity index (χ2v) is 11.8. The van der Waals surface area contributed by atoms with Crippen LogP contribution in [0, 0.1) is 18.7 Å². The smallest absolute Gasteiger partial charge is 0.251 e. The Kier molecular flexibility index (Phi) is 8.33. The van der Waals surface area contributed by atoms with Gasteiger partial charge in [0, 0.05) is 53.7 Å². The number of anilines is 1. The summed E-state index contributed by atoms with van der Waals surface area (Å²) in [4.78, 5) is 33.9. The van der Waals surface area contributed by atoms with Gasteiger partial charge in [0.1, 0.15) is 5.82 Å². The molecule has 2 aromatic heterocycles. The van der Waals surface area contributed by atoms with Crippen molar-refractivity contribution in [3.05, 3.63) is 108 Å². The fourth-order valence-electron chi connectivity index (χ4n) is 6.54. The fourth-order valence-corrected chi connectivity index (χ4v) is 6.54. The lowest BCUT2D eigenvalue weighted by Gasteiger charge is -2.37. The zero-order valence-corrected chi connectivity index (χ0v) is 25.7.